The Morgan fingerprint density at radius 3 is 2.52 bits per heavy atom. The van der Waals surface area contributed by atoms with Crippen LogP contribution < -0.4 is 9.47 Å². The van der Waals surface area contributed by atoms with Crippen LogP contribution in [0.25, 0.3) is 17.2 Å². The lowest BCUT2D eigenvalue weighted by Gasteiger charge is -2.11. The molecule has 0 radical (unpaired) electrons. The van der Waals surface area contributed by atoms with Crippen LogP contribution in [0.1, 0.15) is 5.69 Å². The topological polar surface area (TPSA) is 85.9 Å². The molecule has 0 amide bonds. The van der Waals surface area contributed by atoms with Gasteiger partial charge in [-0.1, -0.05) is 0 Å². The summed E-state index contributed by atoms with van der Waals surface area (Å²) in [5, 5.41) is 13.4. The summed E-state index contributed by atoms with van der Waals surface area (Å²) in [6.07, 6.45) is 3.23. The van der Waals surface area contributed by atoms with E-state index in [0.717, 1.165) is 5.56 Å². The molecule has 0 atom stereocenters. The number of nitriles is 1. The average Bonchev–Trinajstić information content (AvgIpc) is 3.06. The van der Waals surface area contributed by atoms with Gasteiger partial charge in [0.2, 0.25) is 0 Å². The summed E-state index contributed by atoms with van der Waals surface area (Å²) in [5.41, 5.74) is 1.63. The first-order chi connectivity index (χ1) is 11.3. The van der Waals surface area contributed by atoms with E-state index in [9.17, 15) is 5.26 Å². The molecular formula is C16H13N5O2. The molecule has 114 valence electrons. The van der Waals surface area contributed by atoms with E-state index in [1.807, 2.05) is 12.1 Å². The monoisotopic (exact) mass is 307 g/mol. The molecule has 3 aromatic rings. The highest BCUT2D eigenvalue weighted by Gasteiger charge is 2.17. The van der Waals surface area contributed by atoms with Gasteiger partial charge in [-0.15, -0.1) is 0 Å². The van der Waals surface area contributed by atoms with Crippen molar-refractivity contribution in [2.45, 2.75) is 0 Å². The number of aromatic nitrogens is 4. The van der Waals surface area contributed by atoms with Crippen LogP contribution in [-0.4, -0.2) is 34.0 Å². The van der Waals surface area contributed by atoms with E-state index in [1.165, 1.54) is 4.68 Å². The van der Waals surface area contributed by atoms with E-state index in [-0.39, 0.29) is 5.69 Å². The summed E-state index contributed by atoms with van der Waals surface area (Å²) in [5.74, 6) is 1.67. The highest BCUT2D eigenvalue weighted by atomic mass is 16.5. The largest absolute Gasteiger partial charge is 0.497 e. The molecule has 1 aromatic carbocycles. The van der Waals surface area contributed by atoms with Gasteiger partial charge < -0.3 is 9.47 Å². The van der Waals surface area contributed by atoms with Crippen molar-refractivity contribution in [3.05, 3.63) is 48.4 Å². The molecular weight excluding hydrogens is 294 g/mol. The van der Waals surface area contributed by atoms with Crippen LogP contribution in [0.2, 0.25) is 0 Å². The molecule has 0 saturated carbocycles. The average molecular weight is 307 g/mol. The minimum absolute atomic E-state index is 0.261. The van der Waals surface area contributed by atoms with Gasteiger partial charge in [-0.2, -0.15) is 15.0 Å². The molecule has 7 nitrogen and oxygen atoms in total. The Labute approximate surface area is 132 Å². The van der Waals surface area contributed by atoms with Gasteiger partial charge in [0, 0.05) is 24.0 Å². The number of hydrogen-bond donors (Lipinski definition) is 0. The summed E-state index contributed by atoms with van der Waals surface area (Å²) in [6.45, 7) is 0. The summed E-state index contributed by atoms with van der Waals surface area (Å²) < 4.78 is 12.2. The highest BCUT2D eigenvalue weighted by molar-refractivity contribution is 5.71. The van der Waals surface area contributed by atoms with Crippen molar-refractivity contribution in [1.82, 2.24) is 19.7 Å². The zero-order valence-corrected chi connectivity index (χ0v) is 12.6. The van der Waals surface area contributed by atoms with Gasteiger partial charge in [-0.05, 0) is 24.3 Å². The molecule has 23 heavy (non-hydrogen) atoms. The summed E-state index contributed by atoms with van der Waals surface area (Å²) >= 11 is 0. The van der Waals surface area contributed by atoms with Crippen molar-refractivity contribution in [1.29, 1.82) is 5.26 Å². The first kappa shape index (κ1) is 14.5. The molecule has 2 heterocycles. The maximum atomic E-state index is 9.17. The molecule has 0 spiro atoms. The van der Waals surface area contributed by atoms with Gasteiger partial charge >= 0.3 is 0 Å². The first-order valence-corrected chi connectivity index (χ1v) is 6.76. The second-order valence-corrected chi connectivity index (χ2v) is 4.55. The molecule has 0 fully saturated rings. The van der Waals surface area contributed by atoms with Crippen LogP contribution >= 0.6 is 0 Å². The second-order valence-electron chi connectivity index (χ2n) is 4.55. The number of methoxy groups -OCH3 is 2. The van der Waals surface area contributed by atoms with Gasteiger partial charge in [0.05, 0.1) is 19.9 Å². The second kappa shape index (κ2) is 6.15. The van der Waals surface area contributed by atoms with Crippen LogP contribution in [0.5, 0.6) is 11.5 Å². The third kappa shape index (κ3) is 2.70. The lowest BCUT2D eigenvalue weighted by Crippen LogP contribution is -2.04. The van der Waals surface area contributed by atoms with Gasteiger partial charge in [0.25, 0.3) is 5.95 Å². The maximum absolute atomic E-state index is 9.17. The number of hydrogen-bond acceptors (Lipinski definition) is 6. The predicted octanol–water partition coefficient (Wildman–Crippen LogP) is 2.22. The van der Waals surface area contributed by atoms with Crippen LogP contribution in [0.4, 0.5) is 0 Å². The van der Waals surface area contributed by atoms with Crippen LogP contribution in [-0.2, 0) is 0 Å². The fourth-order valence-corrected chi connectivity index (χ4v) is 2.19. The predicted molar refractivity (Wildman–Crippen MR) is 82.4 cm³/mol. The van der Waals surface area contributed by atoms with Gasteiger partial charge in [-0.25, -0.2) is 9.97 Å². The van der Waals surface area contributed by atoms with Crippen molar-refractivity contribution in [3.8, 4) is 34.8 Å². The normalized spacial score (nSPS) is 10.1. The Morgan fingerprint density at radius 1 is 1.09 bits per heavy atom. The molecule has 0 N–H and O–H groups in total. The lowest BCUT2D eigenvalue weighted by molar-refractivity contribution is 0.404. The molecule has 0 bridgehead atoms. The van der Waals surface area contributed by atoms with E-state index < -0.39 is 0 Å². The molecule has 7 heteroatoms. The van der Waals surface area contributed by atoms with Crippen LogP contribution in [0.15, 0.2) is 42.7 Å². The lowest BCUT2D eigenvalue weighted by atomic mass is 10.1. The van der Waals surface area contributed by atoms with Crippen molar-refractivity contribution < 1.29 is 9.47 Å². The highest BCUT2D eigenvalue weighted by Crippen LogP contribution is 2.34. The molecule has 0 saturated heterocycles. The third-order valence-electron chi connectivity index (χ3n) is 3.25. The van der Waals surface area contributed by atoms with E-state index in [0.29, 0.717) is 23.1 Å². The minimum atomic E-state index is 0.261. The number of ether oxygens (including phenoxy) is 2. The zero-order valence-electron chi connectivity index (χ0n) is 12.6. The van der Waals surface area contributed by atoms with Gasteiger partial charge in [-0.3, -0.25) is 0 Å². The Bertz CT molecular complexity index is 868. The summed E-state index contributed by atoms with van der Waals surface area (Å²) in [7, 11) is 3.17. The van der Waals surface area contributed by atoms with Crippen molar-refractivity contribution >= 4 is 0 Å². The zero-order chi connectivity index (χ0) is 16.2. The Morgan fingerprint density at radius 2 is 1.87 bits per heavy atom. The number of benzene rings is 1. The third-order valence-corrected chi connectivity index (χ3v) is 3.25. The molecule has 0 aliphatic carbocycles. The van der Waals surface area contributed by atoms with Crippen LogP contribution in [0.3, 0.4) is 0 Å². The molecule has 0 aliphatic heterocycles. The van der Waals surface area contributed by atoms with E-state index in [4.69, 9.17) is 9.47 Å². The minimum Gasteiger partial charge on any atom is -0.497 e. The first-order valence-electron chi connectivity index (χ1n) is 6.76. The van der Waals surface area contributed by atoms with Crippen LogP contribution in [0, 0.1) is 11.3 Å². The molecule has 0 unspecified atom stereocenters. The SMILES string of the molecule is COc1ccc(OC)c(-c2cc(C#N)nn2-c2ncccn2)c1. The summed E-state index contributed by atoms with van der Waals surface area (Å²) in [4.78, 5) is 8.38. The van der Waals surface area contributed by atoms with E-state index >= 15 is 0 Å². The summed E-state index contributed by atoms with van der Waals surface area (Å²) in [6, 6.07) is 10.8. The van der Waals surface area contributed by atoms with Crippen molar-refractivity contribution in [2.24, 2.45) is 0 Å². The standard InChI is InChI=1S/C16H13N5O2/c1-22-12-4-5-15(23-2)13(9-12)14-8-11(10-17)20-21(14)16-18-6-3-7-19-16/h3-9H,1-2H3. The van der Waals surface area contributed by atoms with E-state index in [1.54, 1.807) is 50.9 Å². The Hall–Kier alpha value is -3.40. The molecule has 2 aromatic heterocycles. The fourth-order valence-electron chi connectivity index (χ4n) is 2.19. The maximum Gasteiger partial charge on any atom is 0.251 e. The van der Waals surface area contributed by atoms with Crippen molar-refractivity contribution in [2.75, 3.05) is 14.2 Å². The Kier molecular flexibility index (Phi) is 3.89. The van der Waals surface area contributed by atoms with Gasteiger partial charge in [0.15, 0.2) is 5.69 Å². The fraction of sp³-hybridized carbons (Fsp3) is 0.125. The quantitative estimate of drug-likeness (QED) is 0.734. The molecule has 0 aliphatic rings. The molecule has 3 rings (SSSR count). The smallest absolute Gasteiger partial charge is 0.251 e. The van der Waals surface area contributed by atoms with Crippen molar-refractivity contribution in [3.63, 3.8) is 0 Å². The van der Waals surface area contributed by atoms with E-state index in [2.05, 4.69) is 15.1 Å². The van der Waals surface area contributed by atoms with Gasteiger partial charge in [0.1, 0.15) is 17.6 Å². The number of rotatable bonds is 4. The Balaban J connectivity index is 2.25. The number of nitrogens with zero attached hydrogens (tertiary/aromatic N) is 5.